The number of benzene rings is 3. The molecule has 3 aromatic rings. The number of hydrogen-bond acceptors (Lipinski definition) is 3. The summed E-state index contributed by atoms with van der Waals surface area (Å²) in [6.45, 7) is 0. The Kier molecular flexibility index (Phi) is 3.36. The van der Waals surface area contributed by atoms with Crippen molar-refractivity contribution in [2.45, 2.75) is 28.1 Å². The molecule has 0 heterocycles. The summed E-state index contributed by atoms with van der Waals surface area (Å²) in [6, 6.07) is 24.1. The quantitative estimate of drug-likeness (QED) is 0.754. The van der Waals surface area contributed by atoms with Crippen molar-refractivity contribution in [3.8, 4) is 0 Å². The Morgan fingerprint density at radius 2 is 1.15 bits per heavy atom. The molecular weight excluding hydrogens is 344 g/mol. The van der Waals surface area contributed by atoms with Crippen LogP contribution in [0.3, 0.4) is 0 Å². The summed E-state index contributed by atoms with van der Waals surface area (Å²) in [5.41, 5.74) is 3.74. The van der Waals surface area contributed by atoms with Crippen molar-refractivity contribution in [1.29, 1.82) is 0 Å². The Hall–Kier alpha value is -2.43. The second-order valence-corrected chi connectivity index (χ2v) is 9.13. The van der Waals surface area contributed by atoms with Gasteiger partial charge >= 0.3 is 0 Å². The largest absolute Gasteiger partial charge is 0.388 e. The Labute approximate surface area is 152 Å². The molecule has 26 heavy (non-hydrogen) atoms. The van der Waals surface area contributed by atoms with Crippen molar-refractivity contribution >= 4 is 9.84 Å². The topological polar surface area (TPSA) is 54.4 Å². The monoisotopic (exact) mass is 362 g/mol. The van der Waals surface area contributed by atoms with E-state index in [-0.39, 0.29) is 5.92 Å². The number of aliphatic hydroxyl groups is 1. The number of hydrogen-bond donors (Lipinski definition) is 1. The van der Waals surface area contributed by atoms with E-state index in [0.717, 1.165) is 22.3 Å². The molecule has 0 fully saturated rings. The van der Waals surface area contributed by atoms with Gasteiger partial charge in [0.05, 0.1) is 16.2 Å². The van der Waals surface area contributed by atoms with Crippen LogP contribution in [0.4, 0.5) is 0 Å². The Morgan fingerprint density at radius 3 is 1.81 bits per heavy atom. The number of sulfone groups is 1. The SMILES string of the molecule is O=S(=O)(c1ccccc1)C1C2c3ccccc3C(O)C1c1ccccc12. The lowest BCUT2D eigenvalue weighted by Crippen LogP contribution is -2.37. The molecular formula is C22H18O3S. The third-order valence-electron chi connectivity index (χ3n) is 5.79. The minimum Gasteiger partial charge on any atom is -0.388 e. The van der Waals surface area contributed by atoms with Gasteiger partial charge in [0.25, 0.3) is 0 Å². The van der Waals surface area contributed by atoms with E-state index in [2.05, 4.69) is 0 Å². The van der Waals surface area contributed by atoms with Gasteiger partial charge in [0.2, 0.25) is 0 Å². The average Bonchev–Trinajstić information content (AvgIpc) is 2.99. The fourth-order valence-electron chi connectivity index (χ4n) is 4.75. The van der Waals surface area contributed by atoms with Gasteiger partial charge in [0.15, 0.2) is 9.84 Å². The molecule has 0 radical (unpaired) electrons. The number of fused-ring (bicyclic) bond motifs is 7. The van der Waals surface area contributed by atoms with Crippen LogP contribution in [0.5, 0.6) is 0 Å². The van der Waals surface area contributed by atoms with Crippen LogP contribution in [0.15, 0.2) is 83.8 Å². The molecule has 0 saturated carbocycles. The smallest absolute Gasteiger partial charge is 0.182 e. The highest BCUT2D eigenvalue weighted by molar-refractivity contribution is 7.92. The summed E-state index contributed by atoms with van der Waals surface area (Å²) < 4.78 is 27.1. The van der Waals surface area contributed by atoms with E-state index in [4.69, 9.17) is 0 Å². The highest BCUT2D eigenvalue weighted by atomic mass is 32.2. The molecule has 2 aliphatic carbocycles. The van der Waals surface area contributed by atoms with Gasteiger partial charge in [-0.05, 0) is 34.4 Å². The van der Waals surface area contributed by atoms with E-state index < -0.39 is 27.1 Å². The van der Waals surface area contributed by atoms with E-state index >= 15 is 0 Å². The second-order valence-electron chi connectivity index (χ2n) is 7.03. The molecule has 130 valence electrons. The van der Waals surface area contributed by atoms with E-state index in [1.807, 2.05) is 54.6 Å². The first kappa shape index (κ1) is 15.8. The maximum Gasteiger partial charge on any atom is 0.182 e. The van der Waals surface area contributed by atoms with Crippen molar-refractivity contribution in [2.24, 2.45) is 0 Å². The van der Waals surface area contributed by atoms with Crippen LogP contribution in [0.1, 0.15) is 40.2 Å². The molecule has 5 rings (SSSR count). The van der Waals surface area contributed by atoms with Gasteiger partial charge in [0, 0.05) is 11.8 Å². The summed E-state index contributed by atoms with van der Waals surface area (Å²) in [7, 11) is -3.60. The summed E-state index contributed by atoms with van der Waals surface area (Å²) in [4.78, 5) is 0.319. The van der Waals surface area contributed by atoms with E-state index in [1.165, 1.54) is 0 Å². The standard InChI is InChI=1S/C22H18O3S/c23-21-18-13-7-6-12-17(18)19-15-10-4-5-11-16(15)20(21)22(19)26(24,25)14-8-2-1-3-9-14/h1-13,19-23H. The molecule has 3 aromatic carbocycles. The predicted molar refractivity (Wildman–Crippen MR) is 99.8 cm³/mol. The molecule has 4 unspecified atom stereocenters. The van der Waals surface area contributed by atoms with Crippen LogP contribution in [0.25, 0.3) is 0 Å². The lowest BCUT2D eigenvalue weighted by Gasteiger charge is -2.35. The summed E-state index contributed by atoms with van der Waals surface area (Å²) in [5.74, 6) is -0.697. The maximum absolute atomic E-state index is 13.6. The van der Waals surface area contributed by atoms with E-state index in [1.54, 1.807) is 24.3 Å². The van der Waals surface area contributed by atoms with Crippen LogP contribution in [-0.4, -0.2) is 18.8 Å². The third-order valence-corrected chi connectivity index (χ3v) is 8.00. The molecule has 0 amide bonds. The number of aliphatic hydroxyl groups excluding tert-OH is 1. The Bertz CT molecular complexity index is 1090. The van der Waals surface area contributed by atoms with Gasteiger partial charge in [-0.3, -0.25) is 0 Å². The normalized spacial score (nSPS) is 26.2. The fraction of sp³-hybridized carbons (Fsp3) is 0.182. The van der Waals surface area contributed by atoms with Crippen LogP contribution in [0.2, 0.25) is 0 Å². The maximum atomic E-state index is 13.6. The summed E-state index contributed by atoms with van der Waals surface area (Å²) in [6.07, 6.45) is -0.824. The lowest BCUT2D eigenvalue weighted by molar-refractivity contribution is 0.136. The minimum absolute atomic E-state index is 0.249. The Balaban J connectivity index is 1.79. The first-order chi connectivity index (χ1) is 12.6. The van der Waals surface area contributed by atoms with Crippen molar-refractivity contribution in [3.63, 3.8) is 0 Å². The highest BCUT2D eigenvalue weighted by Crippen LogP contribution is 2.59. The zero-order chi connectivity index (χ0) is 17.9. The highest BCUT2D eigenvalue weighted by Gasteiger charge is 2.55. The van der Waals surface area contributed by atoms with Gasteiger partial charge in [-0.1, -0.05) is 66.7 Å². The molecule has 4 heteroatoms. The second kappa shape index (κ2) is 5.53. The first-order valence-electron chi connectivity index (χ1n) is 8.75. The van der Waals surface area contributed by atoms with Gasteiger partial charge in [0.1, 0.15) is 0 Å². The molecule has 0 aliphatic heterocycles. The molecule has 3 nitrogen and oxygen atoms in total. The van der Waals surface area contributed by atoms with Crippen molar-refractivity contribution in [3.05, 3.63) is 101 Å². The summed E-state index contributed by atoms with van der Waals surface area (Å²) in [5, 5.41) is 10.4. The van der Waals surface area contributed by atoms with Crippen LogP contribution >= 0.6 is 0 Å². The van der Waals surface area contributed by atoms with Crippen LogP contribution in [-0.2, 0) is 9.84 Å². The van der Waals surface area contributed by atoms with Gasteiger partial charge in [-0.2, -0.15) is 0 Å². The van der Waals surface area contributed by atoms with Crippen molar-refractivity contribution in [2.75, 3.05) is 0 Å². The lowest BCUT2D eigenvalue weighted by atomic mass is 9.79. The molecule has 0 saturated heterocycles. The molecule has 0 aromatic heterocycles. The molecule has 0 spiro atoms. The molecule has 4 atom stereocenters. The average molecular weight is 362 g/mol. The summed E-state index contributed by atoms with van der Waals surface area (Å²) >= 11 is 0. The van der Waals surface area contributed by atoms with E-state index in [9.17, 15) is 13.5 Å². The van der Waals surface area contributed by atoms with Gasteiger partial charge < -0.3 is 5.11 Å². The molecule has 2 aliphatic rings. The zero-order valence-electron chi connectivity index (χ0n) is 14.0. The fourth-order valence-corrected chi connectivity index (χ4v) is 6.93. The molecule has 2 bridgehead atoms. The predicted octanol–water partition coefficient (Wildman–Crippen LogP) is 3.81. The first-order valence-corrected chi connectivity index (χ1v) is 10.3. The van der Waals surface area contributed by atoms with Crippen LogP contribution < -0.4 is 0 Å². The van der Waals surface area contributed by atoms with Gasteiger partial charge in [-0.15, -0.1) is 0 Å². The van der Waals surface area contributed by atoms with Crippen LogP contribution in [0, 0.1) is 0 Å². The van der Waals surface area contributed by atoms with Crippen molar-refractivity contribution in [1.82, 2.24) is 0 Å². The third kappa shape index (κ3) is 2.00. The minimum atomic E-state index is -3.60. The molecule has 1 N–H and O–H groups in total. The Morgan fingerprint density at radius 1 is 0.654 bits per heavy atom. The van der Waals surface area contributed by atoms with E-state index in [0.29, 0.717) is 4.90 Å². The van der Waals surface area contributed by atoms with Gasteiger partial charge in [-0.25, -0.2) is 8.42 Å². The van der Waals surface area contributed by atoms with Crippen molar-refractivity contribution < 1.29 is 13.5 Å². The zero-order valence-corrected chi connectivity index (χ0v) is 14.8. The number of rotatable bonds is 2.